The highest BCUT2D eigenvalue weighted by atomic mass is 32.2. The van der Waals surface area contributed by atoms with Gasteiger partial charge in [-0.3, -0.25) is 4.21 Å². The molecule has 14 heavy (non-hydrogen) atoms. The van der Waals surface area contributed by atoms with Crippen LogP contribution < -0.4 is 0 Å². The van der Waals surface area contributed by atoms with Crippen LogP contribution in [0.2, 0.25) is 0 Å². The predicted molar refractivity (Wildman–Crippen MR) is 47.6 cm³/mol. The fourth-order valence-electron chi connectivity index (χ4n) is 0.609. The third-order valence-corrected chi connectivity index (χ3v) is 1.69. The van der Waals surface area contributed by atoms with Crippen molar-refractivity contribution in [3.05, 3.63) is 17.1 Å². The van der Waals surface area contributed by atoms with Crippen molar-refractivity contribution in [1.29, 1.82) is 0 Å². The van der Waals surface area contributed by atoms with Gasteiger partial charge in [-0.1, -0.05) is 13.5 Å². The number of halogens is 1. The lowest BCUT2D eigenvalue weighted by Gasteiger charge is -2.27. The minimum atomic E-state index is -2.55. The summed E-state index contributed by atoms with van der Waals surface area (Å²) in [4.78, 5) is 10.7. The maximum absolute atomic E-state index is 12.2. The molecule has 0 spiro atoms. The van der Waals surface area contributed by atoms with Crippen LogP contribution in [-0.4, -0.2) is 27.4 Å². The summed E-state index contributed by atoms with van der Waals surface area (Å²) in [7, 11) is 0. The number of hydrogen-bond acceptors (Lipinski definition) is 4. The molecule has 0 aromatic heterocycles. The van der Waals surface area contributed by atoms with Gasteiger partial charge >= 0.3 is 5.97 Å². The Morgan fingerprint density at radius 2 is 2.36 bits per heavy atom. The highest BCUT2D eigenvalue weighted by Gasteiger charge is 2.11. The molecule has 7 heteroatoms. The van der Waals surface area contributed by atoms with Gasteiger partial charge in [0.15, 0.2) is 0 Å². The van der Waals surface area contributed by atoms with Gasteiger partial charge in [0.25, 0.3) is 0 Å². The minimum Gasteiger partial charge on any atom is -0.789 e. The summed E-state index contributed by atoms with van der Waals surface area (Å²) in [6, 6.07) is 0. The highest BCUT2D eigenvalue weighted by Crippen LogP contribution is 2.07. The number of ether oxygens (including phenoxy) is 1. The third kappa shape index (κ3) is 5.79. The maximum Gasteiger partial charge on any atom is 0.366 e. The van der Waals surface area contributed by atoms with Crippen molar-refractivity contribution >= 4 is 17.2 Å². The number of carbonyl (C=O) groups is 1. The lowest BCUT2D eigenvalue weighted by Crippen LogP contribution is -2.21. The Bertz CT molecular complexity index is 246. The Hall–Kier alpha value is -0.790. The summed E-state index contributed by atoms with van der Waals surface area (Å²) in [6.07, 6.45) is -0.396. The van der Waals surface area contributed by atoms with E-state index in [2.05, 4.69) is 16.0 Å². The lowest BCUT2D eigenvalue weighted by atomic mass is 10.3. The predicted octanol–water partition coefficient (Wildman–Crippen LogP) is 0.959. The molecule has 2 unspecified atom stereocenters. The molecule has 0 aliphatic heterocycles. The Morgan fingerprint density at radius 1 is 1.79 bits per heavy atom. The largest absolute Gasteiger partial charge is 0.789 e. The third-order valence-electron chi connectivity index (χ3n) is 1.33. The molecule has 0 bridgehead atoms. The molecule has 0 N–H and O–H groups in total. The van der Waals surface area contributed by atoms with E-state index in [9.17, 15) is 17.9 Å². The second-order valence-corrected chi connectivity index (χ2v) is 3.06. The molecule has 0 rings (SSSR count). The summed E-state index contributed by atoms with van der Waals surface area (Å²) in [5.41, 5.74) is 0. The Labute approximate surface area is 83.7 Å². The zero-order valence-electron chi connectivity index (χ0n) is 7.57. The molecule has 0 radical (unpaired) electrons. The van der Waals surface area contributed by atoms with E-state index in [1.54, 1.807) is 6.92 Å². The molecule has 82 valence electrons. The van der Waals surface area contributed by atoms with Gasteiger partial charge in [0.05, 0.1) is 6.10 Å². The van der Waals surface area contributed by atoms with Gasteiger partial charge in [0, 0.05) is 0 Å². The van der Waals surface area contributed by atoms with Gasteiger partial charge in [0.2, 0.25) is 5.83 Å². The van der Waals surface area contributed by atoms with Crippen LogP contribution in [0.25, 0.3) is 4.72 Å². The summed E-state index contributed by atoms with van der Waals surface area (Å²) in [6.45, 7) is 4.20. The molecule has 0 amide bonds. The number of nitrogens with zero attached hydrogens (tertiary/aromatic N) is 1. The quantitative estimate of drug-likeness (QED) is 0.381. The topological polar surface area (TPSA) is 80.5 Å². The fourth-order valence-corrected chi connectivity index (χ4v) is 0.897. The van der Waals surface area contributed by atoms with Crippen LogP contribution in [0.3, 0.4) is 0 Å². The van der Waals surface area contributed by atoms with E-state index in [0.29, 0.717) is 6.42 Å². The van der Waals surface area contributed by atoms with Gasteiger partial charge in [-0.15, -0.1) is 6.54 Å². The second-order valence-electron chi connectivity index (χ2n) is 2.37. The average molecular weight is 223 g/mol. The second kappa shape index (κ2) is 6.63. The maximum atomic E-state index is 12.2. The van der Waals surface area contributed by atoms with Crippen molar-refractivity contribution < 1.29 is 22.7 Å². The first-order valence-corrected chi connectivity index (χ1v) is 4.82. The van der Waals surface area contributed by atoms with Crippen LogP contribution >= 0.6 is 0 Å². The minimum absolute atomic E-state index is 0.203. The van der Waals surface area contributed by atoms with Crippen molar-refractivity contribution in [3.63, 3.8) is 0 Å². The van der Waals surface area contributed by atoms with Crippen molar-refractivity contribution in [3.8, 4) is 0 Å². The molecule has 2 atom stereocenters. The van der Waals surface area contributed by atoms with E-state index in [4.69, 9.17) is 0 Å². The van der Waals surface area contributed by atoms with Gasteiger partial charge in [0.1, 0.15) is 0 Å². The molecule has 0 saturated carbocycles. The Balaban J connectivity index is 3.96. The average Bonchev–Trinajstić information content (AvgIpc) is 2.11. The molecule has 0 fully saturated rings. The van der Waals surface area contributed by atoms with Crippen molar-refractivity contribution in [1.82, 2.24) is 0 Å². The normalized spacial score (nSPS) is 14.5. The smallest absolute Gasteiger partial charge is 0.366 e. The molecule has 0 heterocycles. The van der Waals surface area contributed by atoms with Gasteiger partial charge < -0.3 is 14.0 Å². The van der Waals surface area contributed by atoms with Crippen LogP contribution in [0.15, 0.2) is 12.4 Å². The summed E-state index contributed by atoms with van der Waals surface area (Å²) in [5.74, 6) is -2.41. The summed E-state index contributed by atoms with van der Waals surface area (Å²) >= 11 is -2.55. The SMILES string of the molecule is C=C(F)C(=O)OC(CC)C[N-]S(=O)[O-]. The zero-order chi connectivity index (χ0) is 11.1. The molecular weight excluding hydrogens is 213 g/mol. The Kier molecular flexibility index (Phi) is 6.26. The van der Waals surface area contributed by atoms with Crippen LogP contribution in [0, 0.1) is 0 Å². The first-order chi connectivity index (χ1) is 6.47. The molecule has 0 saturated heterocycles. The first kappa shape index (κ1) is 13.2. The summed E-state index contributed by atoms with van der Waals surface area (Å²) in [5, 5.41) is 0. The molecule has 0 aliphatic rings. The number of rotatable bonds is 6. The van der Waals surface area contributed by atoms with E-state index < -0.39 is 29.2 Å². The molecule has 0 aliphatic carbocycles. The lowest BCUT2D eigenvalue weighted by molar-refractivity contribution is -0.145. The van der Waals surface area contributed by atoms with Crippen molar-refractivity contribution in [2.45, 2.75) is 19.4 Å². The van der Waals surface area contributed by atoms with Crippen LogP contribution in [0.4, 0.5) is 4.39 Å². The van der Waals surface area contributed by atoms with Crippen LogP contribution in [-0.2, 0) is 20.8 Å². The first-order valence-electron chi connectivity index (χ1n) is 3.79. The van der Waals surface area contributed by atoms with E-state index in [1.165, 1.54) is 0 Å². The van der Waals surface area contributed by atoms with Gasteiger partial charge in [-0.05, 0) is 6.42 Å². The monoisotopic (exact) mass is 223 g/mol. The van der Waals surface area contributed by atoms with E-state index in [0.717, 1.165) is 0 Å². The number of esters is 1. The molecular formula is C7H10FNO4S-2. The van der Waals surface area contributed by atoms with E-state index in [-0.39, 0.29) is 6.54 Å². The van der Waals surface area contributed by atoms with Gasteiger partial charge in [-0.2, -0.15) is 15.7 Å². The number of carbonyl (C=O) groups excluding carboxylic acids is 1. The Morgan fingerprint density at radius 3 is 2.71 bits per heavy atom. The molecule has 0 aromatic carbocycles. The van der Waals surface area contributed by atoms with Crippen molar-refractivity contribution in [2.24, 2.45) is 0 Å². The zero-order valence-corrected chi connectivity index (χ0v) is 8.38. The van der Waals surface area contributed by atoms with Crippen LogP contribution in [0.5, 0.6) is 0 Å². The standard InChI is InChI=1S/C7H11FNO4S/c1-3-6(4-9-14(11)12)13-7(10)5(2)8/h6H,2-4H2,1H3,(H,11,12)/q-1/p-1. The van der Waals surface area contributed by atoms with E-state index in [1.807, 2.05) is 0 Å². The van der Waals surface area contributed by atoms with Gasteiger partial charge in [-0.25, -0.2) is 4.79 Å². The number of hydrogen-bond donors (Lipinski definition) is 0. The summed E-state index contributed by atoms with van der Waals surface area (Å²) < 4.78 is 39.9. The van der Waals surface area contributed by atoms with Crippen molar-refractivity contribution in [2.75, 3.05) is 6.54 Å². The highest BCUT2D eigenvalue weighted by molar-refractivity contribution is 7.81. The molecule has 5 nitrogen and oxygen atoms in total. The van der Waals surface area contributed by atoms with Crippen LogP contribution in [0.1, 0.15) is 13.3 Å². The fraction of sp³-hybridized carbons (Fsp3) is 0.571. The molecule has 0 aromatic rings. The van der Waals surface area contributed by atoms with E-state index >= 15 is 0 Å².